The molecule has 122 valence electrons. The predicted molar refractivity (Wildman–Crippen MR) is 76.6 cm³/mol. The van der Waals surface area contributed by atoms with Crippen LogP contribution in [0.2, 0.25) is 0 Å². The second kappa shape index (κ2) is 7.61. The highest BCUT2D eigenvalue weighted by Gasteiger charge is 2.28. The fourth-order valence-electron chi connectivity index (χ4n) is 1.93. The lowest BCUT2D eigenvalue weighted by molar-refractivity contribution is -0.169. The van der Waals surface area contributed by atoms with Crippen LogP contribution >= 0.6 is 0 Å². The van der Waals surface area contributed by atoms with Crippen molar-refractivity contribution < 1.29 is 23.9 Å². The predicted octanol–water partition coefficient (Wildman–Crippen LogP) is 1.42. The van der Waals surface area contributed by atoms with Gasteiger partial charge in [0.2, 0.25) is 5.91 Å². The second-order valence-electron chi connectivity index (χ2n) is 6.03. The van der Waals surface area contributed by atoms with Crippen molar-refractivity contribution in [2.24, 2.45) is 0 Å². The maximum absolute atomic E-state index is 12.0. The van der Waals surface area contributed by atoms with Gasteiger partial charge in [-0.2, -0.15) is 0 Å². The zero-order valence-electron chi connectivity index (χ0n) is 13.5. The summed E-state index contributed by atoms with van der Waals surface area (Å²) in [5, 5.41) is 1.19. The smallest absolute Gasteiger partial charge is 0.410 e. The van der Waals surface area contributed by atoms with E-state index in [1.807, 2.05) is 20.8 Å². The summed E-state index contributed by atoms with van der Waals surface area (Å²) >= 11 is 0. The summed E-state index contributed by atoms with van der Waals surface area (Å²) in [6.07, 6.45) is 0.375. The Balaban J connectivity index is 2.42. The number of amides is 2. The molecule has 0 spiro atoms. The molecule has 1 aliphatic rings. The van der Waals surface area contributed by atoms with Crippen LogP contribution < -0.4 is 0 Å². The molecule has 0 radical (unpaired) electrons. The molecule has 2 amide bonds. The molecule has 1 rings (SSSR count). The van der Waals surface area contributed by atoms with Crippen molar-refractivity contribution in [1.29, 1.82) is 0 Å². The monoisotopic (exact) mass is 302 g/mol. The first-order chi connectivity index (χ1) is 9.73. The summed E-state index contributed by atoms with van der Waals surface area (Å²) in [4.78, 5) is 30.1. The first kappa shape index (κ1) is 17.7. The van der Waals surface area contributed by atoms with Gasteiger partial charge < -0.3 is 14.4 Å². The number of hydroxylamine groups is 2. The summed E-state index contributed by atoms with van der Waals surface area (Å²) in [5.41, 5.74) is -0.512. The molecule has 0 aromatic carbocycles. The molecule has 1 fully saturated rings. The number of morpholine rings is 1. The van der Waals surface area contributed by atoms with Crippen LogP contribution in [-0.2, 0) is 19.1 Å². The van der Waals surface area contributed by atoms with Crippen molar-refractivity contribution in [3.05, 3.63) is 0 Å². The van der Waals surface area contributed by atoms with Crippen LogP contribution in [0.5, 0.6) is 0 Å². The molecular weight excluding hydrogens is 276 g/mol. The average Bonchev–Trinajstić information content (AvgIpc) is 2.42. The van der Waals surface area contributed by atoms with Crippen molar-refractivity contribution in [1.82, 2.24) is 9.96 Å². The molecule has 0 aliphatic carbocycles. The molecule has 21 heavy (non-hydrogen) atoms. The minimum absolute atomic E-state index is 0.115. The van der Waals surface area contributed by atoms with Crippen molar-refractivity contribution in [2.45, 2.75) is 45.3 Å². The first-order valence-corrected chi connectivity index (χ1v) is 7.13. The summed E-state index contributed by atoms with van der Waals surface area (Å²) in [7, 11) is 3.01. The van der Waals surface area contributed by atoms with E-state index in [0.29, 0.717) is 32.5 Å². The van der Waals surface area contributed by atoms with Crippen LogP contribution in [0.1, 0.15) is 33.6 Å². The molecule has 0 aromatic heterocycles. The Morgan fingerprint density at radius 3 is 2.62 bits per heavy atom. The number of carbonyl (C=O) groups excluding carboxylic acids is 2. The maximum atomic E-state index is 12.0. The Bertz CT molecular complexity index is 367. The molecular formula is C14H26N2O5. The van der Waals surface area contributed by atoms with Gasteiger partial charge in [0.15, 0.2) is 0 Å². The van der Waals surface area contributed by atoms with Crippen LogP contribution in [0.3, 0.4) is 0 Å². The molecule has 0 bridgehead atoms. The van der Waals surface area contributed by atoms with E-state index in [4.69, 9.17) is 14.3 Å². The lowest BCUT2D eigenvalue weighted by Crippen LogP contribution is -2.47. The van der Waals surface area contributed by atoms with Gasteiger partial charge in [-0.3, -0.25) is 9.63 Å². The van der Waals surface area contributed by atoms with Crippen molar-refractivity contribution in [3.8, 4) is 0 Å². The summed E-state index contributed by atoms with van der Waals surface area (Å²) in [6.45, 7) is 6.92. The lowest BCUT2D eigenvalue weighted by Gasteiger charge is -2.34. The van der Waals surface area contributed by atoms with Gasteiger partial charge in [-0.1, -0.05) is 0 Å². The Kier molecular flexibility index (Phi) is 6.42. The Morgan fingerprint density at radius 1 is 1.38 bits per heavy atom. The third-order valence-corrected chi connectivity index (χ3v) is 3.10. The Morgan fingerprint density at radius 2 is 2.05 bits per heavy atom. The third kappa shape index (κ3) is 6.31. The number of ether oxygens (including phenoxy) is 2. The van der Waals surface area contributed by atoms with E-state index >= 15 is 0 Å². The first-order valence-electron chi connectivity index (χ1n) is 7.13. The molecule has 0 unspecified atom stereocenters. The number of hydrogen-bond acceptors (Lipinski definition) is 5. The van der Waals surface area contributed by atoms with Gasteiger partial charge in [-0.25, -0.2) is 9.86 Å². The molecule has 1 atom stereocenters. The fourth-order valence-corrected chi connectivity index (χ4v) is 1.93. The van der Waals surface area contributed by atoms with E-state index in [1.165, 1.54) is 12.2 Å². The van der Waals surface area contributed by atoms with Gasteiger partial charge in [0, 0.05) is 20.0 Å². The molecule has 0 aromatic rings. The highest BCUT2D eigenvalue weighted by Crippen LogP contribution is 2.15. The van der Waals surface area contributed by atoms with E-state index in [0.717, 1.165) is 0 Å². The number of rotatable bonds is 4. The minimum atomic E-state index is -0.512. The molecule has 0 N–H and O–H groups in total. The van der Waals surface area contributed by atoms with E-state index in [9.17, 15) is 9.59 Å². The average molecular weight is 302 g/mol. The Labute approximate surface area is 126 Å². The SMILES string of the molecule is CON(C)C(=O)CC[C@H]1CN(C(=O)OC(C)(C)C)CCO1. The highest BCUT2D eigenvalue weighted by molar-refractivity contribution is 5.74. The van der Waals surface area contributed by atoms with Crippen LogP contribution in [0.25, 0.3) is 0 Å². The summed E-state index contributed by atoms with van der Waals surface area (Å²) in [6, 6.07) is 0. The Hall–Kier alpha value is -1.34. The van der Waals surface area contributed by atoms with E-state index in [2.05, 4.69) is 0 Å². The topological polar surface area (TPSA) is 68.3 Å². The van der Waals surface area contributed by atoms with Crippen LogP contribution in [0.15, 0.2) is 0 Å². The van der Waals surface area contributed by atoms with Crippen LogP contribution in [-0.4, -0.2) is 67.5 Å². The van der Waals surface area contributed by atoms with Gasteiger partial charge in [0.05, 0.1) is 26.4 Å². The standard InChI is InChI=1S/C14H26N2O5/c1-14(2,3)21-13(18)16-8-9-20-11(10-16)6-7-12(17)15(4)19-5/h11H,6-10H2,1-5H3/t11-/m0/s1. The van der Waals surface area contributed by atoms with Crippen LogP contribution in [0.4, 0.5) is 4.79 Å². The highest BCUT2D eigenvalue weighted by atomic mass is 16.7. The van der Waals surface area contributed by atoms with Crippen LogP contribution in [0, 0.1) is 0 Å². The molecule has 1 aliphatic heterocycles. The van der Waals surface area contributed by atoms with Gasteiger partial charge in [-0.05, 0) is 27.2 Å². The van der Waals surface area contributed by atoms with Gasteiger partial charge in [0.25, 0.3) is 0 Å². The molecule has 7 heteroatoms. The van der Waals surface area contributed by atoms with Gasteiger partial charge >= 0.3 is 6.09 Å². The maximum Gasteiger partial charge on any atom is 0.410 e. The lowest BCUT2D eigenvalue weighted by atomic mass is 10.1. The molecule has 0 saturated carbocycles. The van der Waals surface area contributed by atoms with Gasteiger partial charge in [0.1, 0.15) is 5.60 Å². The van der Waals surface area contributed by atoms with E-state index in [1.54, 1.807) is 11.9 Å². The van der Waals surface area contributed by atoms with Crippen molar-refractivity contribution >= 4 is 12.0 Å². The van der Waals surface area contributed by atoms with Gasteiger partial charge in [-0.15, -0.1) is 0 Å². The third-order valence-electron chi connectivity index (χ3n) is 3.10. The summed E-state index contributed by atoms with van der Waals surface area (Å²) in [5.74, 6) is -0.115. The van der Waals surface area contributed by atoms with E-state index in [-0.39, 0.29) is 18.1 Å². The number of nitrogens with zero attached hydrogens (tertiary/aromatic N) is 2. The second-order valence-corrected chi connectivity index (χ2v) is 6.03. The zero-order valence-corrected chi connectivity index (χ0v) is 13.5. The van der Waals surface area contributed by atoms with Crippen molar-refractivity contribution in [3.63, 3.8) is 0 Å². The van der Waals surface area contributed by atoms with Crippen molar-refractivity contribution in [2.75, 3.05) is 33.9 Å². The summed E-state index contributed by atoms with van der Waals surface area (Å²) < 4.78 is 10.9. The van der Waals surface area contributed by atoms with E-state index < -0.39 is 5.60 Å². The normalized spacial score (nSPS) is 19.3. The molecule has 7 nitrogen and oxygen atoms in total. The molecule has 1 heterocycles. The minimum Gasteiger partial charge on any atom is -0.444 e. The quantitative estimate of drug-likeness (QED) is 0.735. The fraction of sp³-hybridized carbons (Fsp3) is 0.857. The largest absolute Gasteiger partial charge is 0.444 e. The zero-order chi connectivity index (χ0) is 16.0. The number of carbonyl (C=O) groups is 2. The number of hydrogen-bond donors (Lipinski definition) is 0. The molecule has 1 saturated heterocycles.